The van der Waals surface area contributed by atoms with Crippen molar-refractivity contribution < 1.29 is 9.90 Å². The molecule has 0 unspecified atom stereocenters. The van der Waals surface area contributed by atoms with Gasteiger partial charge in [-0.15, -0.1) is 0 Å². The van der Waals surface area contributed by atoms with E-state index in [1.54, 1.807) is 12.4 Å². The average Bonchev–Trinajstić information content (AvgIpc) is 3.29. The molecule has 3 heterocycles. The molecule has 1 aliphatic rings. The van der Waals surface area contributed by atoms with Crippen LogP contribution in [-0.2, 0) is 11.2 Å². The number of nitrogens with zero attached hydrogens (tertiary/aromatic N) is 3. The van der Waals surface area contributed by atoms with Gasteiger partial charge in [-0.2, -0.15) is 0 Å². The number of nitrogens with one attached hydrogen (secondary N) is 1. The van der Waals surface area contributed by atoms with Crippen molar-refractivity contribution in [3.05, 3.63) is 72.6 Å². The van der Waals surface area contributed by atoms with E-state index < -0.39 is 0 Å². The van der Waals surface area contributed by atoms with Crippen LogP contribution < -0.4 is 0 Å². The molecule has 5 rings (SSSR count). The molecule has 1 aliphatic heterocycles. The molecule has 2 aromatic carbocycles. The van der Waals surface area contributed by atoms with E-state index >= 15 is 0 Å². The van der Waals surface area contributed by atoms with Crippen LogP contribution in [0.1, 0.15) is 12.5 Å². The van der Waals surface area contributed by atoms with Gasteiger partial charge in [0.15, 0.2) is 0 Å². The molecule has 0 radical (unpaired) electrons. The number of carbonyl (C=O) groups is 1. The normalized spacial score (nSPS) is 14.6. The Balaban J connectivity index is 1.33. The second kappa shape index (κ2) is 9.08. The third kappa shape index (κ3) is 4.34. The number of fused-ring (bicyclic) bond motifs is 1. The molecule has 33 heavy (non-hydrogen) atoms. The zero-order valence-corrected chi connectivity index (χ0v) is 18.8. The summed E-state index contributed by atoms with van der Waals surface area (Å²) in [6.45, 7) is 6.69. The fourth-order valence-electron chi connectivity index (χ4n) is 4.51. The molecular formula is C27H28N4O2. The van der Waals surface area contributed by atoms with E-state index in [4.69, 9.17) is 0 Å². The number of aromatic hydroxyl groups is 1. The van der Waals surface area contributed by atoms with Gasteiger partial charge in [-0.25, -0.2) is 0 Å². The first-order valence-electron chi connectivity index (χ1n) is 11.5. The van der Waals surface area contributed by atoms with E-state index in [2.05, 4.69) is 21.8 Å². The third-order valence-corrected chi connectivity index (χ3v) is 6.54. The van der Waals surface area contributed by atoms with Crippen LogP contribution in [-0.4, -0.2) is 63.5 Å². The van der Waals surface area contributed by atoms with Crippen molar-refractivity contribution in [1.29, 1.82) is 0 Å². The number of phenols is 1. The van der Waals surface area contributed by atoms with Crippen LogP contribution in [0.4, 0.5) is 0 Å². The Kier molecular flexibility index (Phi) is 5.84. The highest BCUT2D eigenvalue weighted by atomic mass is 16.3. The SMILES string of the molecule is CCN1CCN(C(=O)Cc2ccc(-c3cccc(-c4cc5cnccc5[nH]4)c3O)cc2)CC1. The summed E-state index contributed by atoms with van der Waals surface area (Å²) in [7, 11) is 0. The van der Waals surface area contributed by atoms with Crippen molar-refractivity contribution in [3.63, 3.8) is 0 Å². The van der Waals surface area contributed by atoms with Gasteiger partial charge in [-0.1, -0.05) is 43.3 Å². The van der Waals surface area contributed by atoms with E-state index in [1.165, 1.54) is 0 Å². The predicted octanol–water partition coefficient (Wildman–Crippen LogP) is 4.31. The van der Waals surface area contributed by atoms with Gasteiger partial charge in [0.05, 0.1) is 12.1 Å². The molecule has 168 valence electrons. The summed E-state index contributed by atoms with van der Waals surface area (Å²) < 4.78 is 0. The second-order valence-corrected chi connectivity index (χ2v) is 8.54. The number of benzene rings is 2. The van der Waals surface area contributed by atoms with Crippen LogP contribution in [0.3, 0.4) is 0 Å². The quantitative estimate of drug-likeness (QED) is 0.485. The van der Waals surface area contributed by atoms with Gasteiger partial charge in [0.1, 0.15) is 5.75 Å². The number of para-hydroxylation sites is 1. The zero-order valence-electron chi connectivity index (χ0n) is 18.8. The number of amides is 1. The number of piperazine rings is 1. The summed E-state index contributed by atoms with van der Waals surface area (Å²) in [5, 5.41) is 12.0. The van der Waals surface area contributed by atoms with Gasteiger partial charge in [0.25, 0.3) is 0 Å². The zero-order chi connectivity index (χ0) is 22.8. The lowest BCUT2D eigenvalue weighted by molar-refractivity contribution is -0.132. The maximum atomic E-state index is 12.7. The van der Waals surface area contributed by atoms with Crippen molar-refractivity contribution in [2.24, 2.45) is 0 Å². The van der Waals surface area contributed by atoms with Crippen LogP contribution >= 0.6 is 0 Å². The van der Waals surface area contributed by atoms with Crippen LogP contribution in [0, 0.1) is 0 Å². The van der Waals surface area contributed by atoms with Crippen LogP contribution in [0.2, 0.25) is 0 Å². The fourth-order valence-corrected chi connectivity index (χ4v) is 4.51. The lowest BCUT2D eigenvalue weighted by Gasteiger charge is -2.34. The lowest BCUT2D eigenvalue weighted by Crippen LogP contribution is -2.48. The molecule has 6 heteroatoms. The number of rotatable bonds is 5. The monoisotopic (exact) mass is 440 g/mol. The fraction of sp³-hybridized carbons (Fsp3) is 0.259. The largest absolute Gasteiger partial charge is 0.507 e. The first-order valence-corrected chi connectivity index (χ1v) is 11.5. The number of hydrogen-bond donors (Lipinski definition) is 2. The minimum absolute atomic E-state index is 0.177. The van der Waals surface area contributed by atoms with Crippen molar-refractivity contribution in [1.82, 2.24) is 19.8 Å². The molecule has 0 spiro atoms. The molecule has 2 N–H and O–H groups in total. The third-order valence-electron chi connectivity index (χ3n) is 6.54. The summed E-state index contributed by atoms with van der Waals surface area (Å²) in [5.41, 5.74) is 5.24. The summed E-state index contributed by atoms with van der Waals surface area (Å²) in [6, 6.07) is 17.6. The maximum Gasteiger partial charge on any atom is 0.227 e. The van der Waals surface area contributed by atoms with Gasteiger partial charge in [-0.3, -0.25) is 9.78 Å². The van der Waals surface area contributed by atoms with E-state index in [9.17, 15) is 9.90 Å². The molecule has 6 nitrogen and oxygen atoms in total. The van der Waals surface area contributed by atoms with E-state index in [1.807, 2.05) is 59.5 Å². The lowest BCUT2D eigenvalue weighted by atomic mass is 9.98. The summed E-state index contributed by atoms with van der Waals surface area (Å²) >= 11 is 0. The molecular weight excluding hydrogens is 412 g/mol. The van der Waals surface area contributed by atoms with E-state index in [0.717, 1.165) is 71.6 Å². The Bertz CT molecular complexity index is 1240. The molecule has 4 aromatic rings. The average molecular weight is 441 g/mol. The molecule has 1 saturated heterocycles. The maximum absolute atomic E-state index is 12.7. The summed E-state index contributed by atoms with van der Waals surface area (Å²) in [6.07, 6.45) is 3.96. The molecule has 2 aromatic heterocycles. The minimum atomic E-state index is 0.177. The number of H-pyrrole nitrogens is 1. The van der Waals surface area contributed by atoms with Gasteiger partial charge in [-0.05, 0) is 35.9 Å². The standard InChI is InChI=1S/C27H28N4O2/c1-2-30-12-14-31(15-13-30)26(32)16-19-6-8-20(9-7-19)22-4-3-5-23(27(22)33)25-17-21-18-28-11-10-24(21)29-25/h3-11,17-18,29,33H,2,12-16H2,1H3. The molecule has 1 amide bonds. The van der Waals surface area contributed by atoms with Crippen LogP contribution in [0.25, 0.3) is 33.3 Å². The minimum Gasteiger partial charge on any atom is -0.507 e. The highest BCUT2D eigenvalue weighted by Crippen LogP contribution is 2.38. The number of hydrogen-bond acceptors (Lipinski definition) is 4. The van der Waals surface area contributed by atoms with E-state index in [0.29, 0.717) is 6.42 Å². The second-order valence-electron chi connectivity index (χ2n) is 8.54. The Labute approximate surface area is 193 Å². The summed E-state index contributed by atoms with van der Waals surface area (Å²) in [4.78, 5) is 24.6. The van der Waals surface area contributed by atoms with Gasteiger partial charge < -0.3 is 19.9 Å². The number of phenolic OH excluding ortho intramolecular Hbond substituents is 1. The number of aromatic amines is 1. The van der Waals surface area contributed by atoms with Crippen LogP contribution in [0.5, 0.6) is 5.75 Å². The number of likely N-dealkylation sites (N-methyl/N-ethyl adjacent to an activating group) is 1. The molecule has 0 saturated carbocycles. The van der Waals surface area contributed by atoms with Gasteiger partial charge in [0, 0.05) is 60.6 Å². The highest BCUT2D eigenvalue weighted by molar-refractivity contribution is 5.89. The van der Waals surface area contributed by atoms with Crippen molar-refractivity contribution in [2.75, 3.05) is 32.7 Å². The molecule has 0 bridgehead atoms. The van der Waals surface area contributed by atoms with Gasteiger partial charge >= 0.3 is 0 Å². The first-order chi connectivity index (χ1) is 16.1. The smallest absolute Gasteiger partial charge is 0.227 e. The number of carbonyl (C=O) groups excluding carboxylic acids is 1. The molecule has 1 fully saturated rings. The Morgan fingerprint density at radius 1 is 1.03 bits per heavy atom. The van der Waals surface area contributed by atoms with Crippen LogP contribution in [0.15, 0.2) is 67.0 Å². The Morgan fingerprint density at radius 2 is 1.79 bits per heavy atom. The first kappa shape index (κ1) is 21.2. The predicted molar refractivity (Wildman–Crippen MR) is 131 cm³/mol. The highest BCUT2D eigenvalue weighted by Gasteiger charge is 2.20. The molecule has 0 atom stereocenters. The number of pyridine rings is 1. The van der Waals surface area contributed by atoms with E-state index in [-0.39, 0.29) is 11.7 Å². The Hall–Kier alpha value is -3.64. The van der Waals surface area contributed by atoms with Crippen molar-refractivity contribution in [3.8, 4) is 28.1 Å². The van der Waals surface area contributed by atoms with Crippen molar-refractivity contribution >= 4 is 16.8 Å². The number of aromatic nitrogens is 2. The Morgan fingerprint density at radius 3 is 2.52 bits per heavy atom. The topological polar surface area (TPSA) is 72.5 Å². The molecule has 0 aliphatic carbocycles. The summed E-state index contributed by atoms with van der Waals surface area (Å²) in [5.74, 6) is 0.409. The van der Waals surface area contributed by atoms with Gasteiger partial charge in [0.2, 0.25) is 5.91 Å². The van der Waals surface area contributed by atoms with Crippen molar-refractivity contribution in [2.45, 2.75) is 13.3 Å².